The van der Waals surface area contributed by atoms with E-state index in [1.54, 1.807) is 13.4 Å². The molecule has 0 aliphatic heterocycles. The maximum atomic E-state index is 5.08. The first-order valence-corrected chi connectivity index (χ1v) is 4.56. The van der Waals surface area contributed by atoms with E-state index in [0.717, 1.165) is 25.3 Å². The minimum Gasteiger partial charge on any atom is -0.383 e. The fraction of sp³-hybridized carbons (Fsp3) is 0.667. The molecule has 1 atom stereocenters. The van der Waals surface area contributed by atoms with E-state index in [1.165, 1.54) is 0 Å². The Morgan fingerprint density at radius 3 is 3.08 bits per heavy atom. The molecule has 2 N–H and O–H groups in total. The van der Waals surface area contributed by atoms with Gasteiger partial charge in [-0.05, 0) is 6.42 Å². The van der Waals surface area contributed by atoms with Crippen molar-refractivity contribution in [3.63, 3.8) is 0 Å². The summed E-state index contributed by atoms with van der Waals surface area (Å²) in [6, 6.07) is 0.424. The van der Waals surface area contributed by atoms with Crippen molar-refractivity contribution >= 4 is 0 Å². The molecule has 4 nitrogen and oxygen atoms in total. The van der Waals surface area contributed by atoms with Crippen LogP contribution in [0.25, 0.3) is 0 Å². The molecule has 0 aliphatic rings. The van der Waals surface area contributed by atoms with E-state index in [4.69, 9.17) is 4.74 Å². The number of aromatic amines is 1. The Balaban J connectivity index is 2.23. The average Bonchev–Trinajstić information content (AvgIpc) is 2.64. The number of ether oxygens (including phenoxy) is 1. The molecule has 0 aromatic carbocycles. The van der Waals surface area contributed by atoms with Crippen LogP contribution in [-0.4, -0.2) is 29.7 Å². The van der Waals surface area contributed by atoms with Crippen LogP contribution in [0, 0.1) is 0 Å². The maximum absolute atomic E-state index is 5.08. The number of rotatable bonds is 6. The van der Waals surface area contributed by atoms with Crippen molar-refractivity contribution in [1.82, 2.24) is 15.3 Å². The first kappa shape index (κ1) is 10.2. The number of hydrogen-bond acceptors (Lipinski definition) is 3. The van der Waals surface area contributed by atoms with Crippen LogP contribution in [0.4, 0.5) is 0 Å². The quantitative estimate of drug-likeness (QED) is 0.689. The molecule has 4 heteroatoms. The van der Waals surface area contributed by atoms with Gasteiger partial charge in [-0.3, -0.25) is 0 Å². The number of imidazole rings is 1. The standard InChI is InChI=1S/C9H17N3O/c1-3-8(6-13-2)11-5-9-4-10-7-12-9/h4,7-8,11H,3,5-6H2,1-2H3,(H,10,12). The third-order valence-corrected chi connectivity index (χ3v) is 2.00. The summed E-state index contributed by atoms with van der Waals surface area (Å²) in [5, 5.41) is 3.38. The van der Waals surface area contributed by atoms with Gasteiger partial charge < -0.3 is 15.0 Å². The first-order valence-electron chi connectivity index (χ1n) is 4.56. The summed E-state index contributed by atoms with van der Waals surface area (Å²) in [6.45, 7) is 3.72. The van der Waals surface area contributed by atoms with Crippen molar-refractivity contribution in [2.45, 2.75) is 25.9 Å². The number of H-pyrrole nitrogens is 1. The molecule has 74 valence electrons. The van der Waals surface area contributed by atoms with Crippen LogP contribution in [0.15, 0.2) is 12.5 Å². The highest BCUT2D eigenvalue weighted by molar-refractivity contribution is 4.93. The Morgan fingerprint density at radius 2 is 2.54 bits per heavy atom. The van der Waals surface area contributed by atoms with E-state index in [1.807, 2.05) is 6.20 Å². The molecule has 1 heterocycles. The predicted octanol–water partition coefficient (Wildman–Crippen LogP) is 0.924. The second-order valence-electron chi connectivity index (χ2n) is 3.02. The van der Waals surface area contributed by atoms with Gasteiger partial charge in [-0.1, -0.05) is 6.92 Å². The first-order chi connectivity index (χ1) is 6.36. The van der Waals surface area contributed by atoms with Crippen LogP contribution in [0.1, 0.15) is 19.0 Å². The molecule has 0 fully saturated rings. The molecule has 1 unspecified atom stereocenters. The Labute approximate surface area is 78.7 Å². The largest absolute Gasteiger partial charge is 0.383 e. The van der Waals surface area contributed by atoms with Gasteiger partial charge in [-0.15, -0.1) is 0 Å². The lowest BCUT2D eigenvalue weighted by atomic mass is 10.2. The number of methoxy groups -OCH3 is 1. The fourth-order valence-electron chi connectivity index (χ4n) is 1.16. The molecule has 0 saturated carbocycles. The molecule has 1 rings (SSSR count). The highest BCUT2D eigenvalue weighted by Crippen LogP contribution is 1.95. The van der Waals surface area contributed by atoms with Gasteiger partial charge in [0.1, 0.15) is 0 Å². The molecular weight excluding hydrogens is 166 g/mol. The summed E-state index contributed by atoms with van der Waals surface area (Å²) < 4.78 is 5.08. The zero-order valence-electron chi connectivity index (χ0n) is 8.21. The SMILES string of the molecule is CCC(COC)NCc1cnc[nH]1. The van der Waals surface area contributed by atoms with Gasteiger partial charge in [0.15, 0.2) is 0 Å². The highest BCUT2D eigenvalue weighted by Gasteiger charge is 2.04. The lowest BCUT2D eigenvalue weighted by Crippen LogP contribution is -2.32. The van der Waals surface area contributed by atoms with Crippen molar-refractivity contribution in [2.24, 2.45) is 0 Å². The molecule has 1 aromatic heterocycles. The Bertz CT molecular complexity index is 211. The number of aromatic nitrogens is 2. The summed E-state index contributed by atoms with van der Waals surface area (Å²) in [6.07, 6.45) is 4.59. The minimum atomic E-state index is 0.424. The van der Waals surface area contributed by atoms with Gasteiger partial charge in [-0.25, -0.2) is 4.98 Å². The Hall–Kier alpha value is -0.870. The van der Waals surface area contributed by atoms with Crippen LogP contribution in [0.5, 0.6) is 0 Å². The smallest absolute Gasteiger partial charge is 0.0922 e. The minimum absolute atomic E-state index is 0.424. The van der Waals surface area contributed by atoms with Crippen molar-refractivity contribution in [2.75, 3.05) is 13.7 Å². The Kier molecular flexibility index (Phi) is 4.49. The number of nitrogens with one attached hydrogen (secondary N) is 2. The van der Waals surface area contributed by atoms with E-state index >= 15 is 0 Å². The number of nitrogens with zero attached hydrogens (tertiary/aromatic N) is 1. The van der Waals surface area contributed by atoms with E-state index in [9.17, 15) is 0 Å². The zero-order chi connectivity index (χ0) is 9.52. The highest BCUT2D eigenvalue weighted by atomic mass is 16.5. The van der Waals surface area contributed by atoms with Crippen molar-refractivity contribution in [3.05, 3.63) is 18.2 Å². The normalized spacial score (nSPS) is 13.1. The molecule has 13 heavy (non-hydrogen) atoms. The topological polar surface area (TPSA) is 49.9 Å². The van der Waals surface area contributed by atoms with E-state index in [2.05, 4.69) is 22.2 Å². The Morgan fingerprint density at radius 1 is 1.69 bits per heavy atom. The van der Waals surface area contributed by atoms with Crippen LogP contribution >= 0.6 is 0 Å². The molecule has 0 amide bonds. The second-order valence-corrected chi connectivity index (χ2v) is 3.02. The van der Waals surface area contributed by atoms with E-state index in [0.29, 0.717) is 6.04 Å². The van der Waals surface area contributed by atoms with Gasteiger partial charge in [-0.2, -0.15) is 0 Å². The molecule has 0 bridgehead atoms. The van der Waals surface area contributed by atoms with Crippen molar-refractivity contribution in [3.8, 4) is 0 Å². The lowest BCUT2D eigenvalue weighted by Gasteiger charge is -2.14. The summed E-state index contributed by atoms with van der Waals surface area (Å²) >= 11 is 0. The fourth-order valence-corrected chi connectivity index (χ4v) is 1.16. The lowest BCUT2D eigenvalue weighted by molar-refractivity contribution is 0.163. The molecule has 0 radical (unpaired) electrons. The van der Waals surface area contributed by atoms with Crippen molar-refractivity contribution in [1.29, 1.82) is 0 Å². The average molecular weight is 183 g/mol. The van der Waals surface area contributed by atoms with Gasteiger partial charge in [0.2, 0.25) is 0 Å². The van der Waals surface area contributed by atoms with Gasteiger partial charge in [0.05, 0.1) is 12.9 Å². The molecule has 0 aliphatic carbocycles. The maximum Gasteiger partial charge on any atom is 0.0922 e. The van der Waals surface area contributed by atoms with Crippen LogP contribution in [0.2, 0.25) is 0 Å². The predicted molar refractivity (Wildman–Crippen MR) is 51.4 cm³/mol. The van der Waals surface area contributed by atoms with Crippen LogP contribution < -0.4 is 5.32 Å². The number of hydrogen-bond donors (Lipinski definition) is 2. The van der Waals surface area contributed by atoms with E-state index in [-0.39, 0.29) is 0 Å². The van der Waals surface area contributed by atoms with Crippen molar-refractivity contribution < 1.29 is 4.74 Å². The molecule has 0 saturated heterocycles. The van der Waals surface area contributed by atoms with Crippen LogP contribution in [-0.2, 0) is 11.3 Å². The summed E-state index contributed by atoms with van der Waals surface area (Å²) in [5.41, 5.74) is 1.11. The monoisotopic (exact) mass is 183 g/mol. The third-order valence-electron chi connectivity index (χ3n) is 2.00. The van der Waals surface area contributed by atoms with Gasteiger partial charge in [0, 0.05) is 31.6 Å². The molecule has 1 aromatic rings. The third kappa shape index (κ3) is 3.57. The van der Waals surface area contributed by atoms with E-state index < -0.39 is 0 Å². The summed E-state index contributed by atoms with van der Waals surface area (Å²) in [7, 11) is 1.72. The summed E-state index contributed by atoms with van der Waals surface area (Å²) in [5.74, 6) is 0. The van der Waals surface area contributed by atoms with Gasteiger partial charge in [0.25, 0.3) is 0 Å². The van der Waals surface area contributed by atoms with Crippen LogP contribution in [0.3, 0.4) is 0 Å². The molecular formula is C9H17N3O. The second kappa shape index (κ2) is 5.72. The molecule has 0 spiro atoms. The summed E-state index contributed by atoms with van der Waals surface area (Å²) in [4.78, 5) is 6.99. The zero-order valence-corrected chi connectivity index (χ0v) is 8.21. The van der Waals surface area contributed by atoms with Gasteiger partial charge >= 0.3 is 0 Å².